The highest BCUT2D eigenvalue weighted by atomic mass is 127. The molecule has 2 nitrogen and oxygen atoms in total. The molecular weight excluding hydrogens is 336 g/mol. The van der Waals surface area contributed by atoms with E-state index in [0.717, 1.165) is 4.43 Å². The SMILES string of the molecule is O=C(NCCI)c1c(Cl)cccc1Cl. The third-order valence-electron chi connectivity index (χ3n) is 1.57. The van der Waals surface area contributed by atoms with Crippen molar-refractivity contribution in [1.29, 1.82) is 0 Å². The Morgan fingerprint density at radius 2 is 1.93 bits per heavy atom. The van der Waals surface area contributed by atoms with Crippen LogP contribution in [-0.4, -0.2) is 16.9 Å². The molecular formula is C9H8Cl2INO. The number of benzene rings is 1. The quantitative estimate of drug-likeness (QED) is 0.663. The van der Waals surface area contributed by atoms with Crippen LogP contribution in [0.3, 0.4) is 0 Å². The molecule has 0 aliphatic carbocycles. The number of nitrogens with one attached hydrogen (secondary N) is 1. The Labute approximate surface area is 106 Å². The van der Waals surface area contributed by atoms with E-state index >= 15 is 0 Å². The van der Waals surface area contributed by atoms with Crippen LogP contribution < -0.4 is 5.32 Å². The summed E-state index contributed by atoms with van der Waals surface area (Å²) in [5.74, 6) is -0.225. The predicted molar refractivity (Wildman–Crippen MR) is 67.7 cm³/mol. The molecule has 0 bridgehead atoms. The standard InChI is InChI=1S/C9H8Cl2INO/c10-6-2-1-3-7(11)8(6)9(14)13-5-4-12/h1-3H,4-5H2,(H,13,14). The van der Waals surface area contributed by atoms with Crippen molar-refractivity contribution in [3.8, 4) is 0 Å². The van der Waals surface area contributed by atoms with Gasteiger partial charge in [-0.05, 0) is 12.1 Å². The van der Waals surface area contributed by atoms with Gasteiger partial charge in [0.05, 0.1) is 15.6 Å². The highest BCUT2D eigenvalue weighted by Gasteiger charge is 2.13. The molecule has 1 aromatic carbocycles. The van der Waals surface area contributed by atoms with Crippen LogP contribution in [0.2, 0.25) is 10.0 Å². The van der Waals surface area contributed by atoms with Crippen molar-refractivity contribution >= 4 is 51.7 Å². The van der Waals surface area contributed by atoms with Gasteiger partial charge in [0.1, 0.15) is 0 Å². The summed E-state index contributed by atoms with van der Waals surface area (Å²) in [6.45, 7) is 0.612. The largest absolute Gasteiger partial charge is 0.351 e. The summed E-state index contributed by atoms with van der Waals surface area (Å²) in [4.78, 5) is 11.6. The third-order valence-corrected chi connectivity index (χ3v) is 2.74. The maximum Gasteiger partial charge on any atom is 0.254 e. The summed E-state index contributed by atoms with van der Waals surface area (Å²) in [7, 11) is 0. The van der Waals surface area contributed by atoms with Gasteiger partial charge in [-0.15, -0.1) is 0 Å². The van der Waals surface area contributed by atoms with Gasteiger partial charge >= 0.3 is 0 Å². The molecule has 1 aromatic rings. The molecule has 0 fully saturated rings. The van der Waals surface area contributed by atoms with E-state index in [0.29, 0.717) is 22.2 Å². The molecule has 0 spiro atoms. The fraction of sp³-hybridized carbons (Fsp3) is 0.222. The molecule has 0 radical (unpaired) electrons. The summed E-state index contributed by atoms with van der Waals surface area (Å²) in [5, 5.41) is 3.47. The summed E-state index contributed by atoms with van der Waals surface area (Å²) < 4.78 is 0.853. The molecule has 0 heterocycles. The highest BCUT2D eigenvalue weighted by molar-refractivity contribution is 14.1. The third kappa shape index (κ3) is 3.00. The number of carbonyl (C=O) groups is 1. The second-order valence-corrected chi connectivity index (χ2v) is 4.43. The van der Waals surface area contributed by atoms with Crippen molar-refractivity contribution in [3.63, 3.8) is 0 Å². The van der Waals surface area contributed by atoms with E-state index in [2.05, 4.69) is 27.9 Å². The van der Waals surface area contributed by atoms with E-state index in [1.807, 2.05) is 0 Å². The van der Waals surface area contributed by atoms with Crippen LogP contribution in [0.15, 0.2) is 18.2 Å². The average Bonchev–Trinajstić information content (AvgIpc) is 2.14. The monoisotopic (exact) mass is 343 g/mol. The molecule has 0 saturated carbocycles. The molecule has 1 N–H and O–H groups in total. The average molecular weight is 344 g/mol. The van der Waals surface area contributed by atoms with Crippen LogP contribution >= 0.6 is 45.8 Å². The minimum Gasteiger partial charge on any atom is -0.351 e. The van der Waals surface area contributed by atoms with E-state index in [1.54, 1.807) is 18.2 Å². The number of alkyl halides is 1. The van der Waals surface area contributed by atoms with Gasteiger partial charge in [-0.3, -0.25) is 4.79 Å². The molecule has 0 unspecified atom stereocenters. The summed E-state index contributed by atoms with van der Waals surface area (Å²) in [6, 6.07) is 5.00. The maximum atomic E-state index is 11.6. The Hall–Kier alpha value is -0.000000000000000111. The molecule has 0 aromatic heterocycles. The number of hydrogen-bond acceptors (Lipinski definition) is 1. The second kappa shape index (κ2) is 5.78. The first-order valence-electron chi connectivity index (χ1n) is 3.95. The lowest BCUT2D eigenvalue weighted by molar-refractivity contribution is 0.0956. The summed E-state index contributed by atoms with van der Waals surface area (Å²) in [6.07, 6.45) is 0. The smallest absolute Gasteiger partial charge is 0.254 e. The number of rotatable bonds is 3. The van der Waals surface area contributed by atoms with Crippen molar-refractivity contribution in [2.75, 3.05) is 11.0 Å². The number of carbonyl (C=O) groups excluding carboxylic acids is 1. The van der Waals surface area contributed by atoms with Crippen LogP contribution in [0.4, 0.5) is 0 Å². The Balaban J connectivity index is 2.89. The van der Waals surface area contributed by atoms with Crippen molar-refractivity contribution in [2.24, 2.45) is 0 Å². The number of hydrogen-bond donors (Lipinski definition) is 1. The lowest BCUT2D eigenvalue weighted by Gasteiger charge is -2.06. The molecule has 0 saturated heterocycles. The maximum absolute atomic E-state index is 11.6. The zero-order valence-corrected chi connectivity index (χ0v) is 10.9. The van der Waals surface area contributed by atoms with Crippen LogP contribution in [0.5, 0.6) is 0 Å². The molecule has 14 heavy (non-hydrogen) atoms. The molecule has 76 valence electrons. The predicted octanol–water partition coefficient (Wildman–Crippen LogP) is 3.16. The topological polar surface area (TPSA) is 29.1 Å². The van der Waals surface area contributed by atoms with Gasteiger partial charge in [-0.25, -0.2) is 0 Å². The first-order chi connectivity index (χ1) is 6.66. The van der Waals surface area contributed by atoms with E-state index in [9.17, 15) is 4.79 Å². The van der Waals surface area contributed by atoms with Gasteiger partial charge in [0.15, 0.2) is 0 Å². The van der Waals surface area contributed by atoms with Gasteiger partial charge in [0.25, 0.3) is 5.91 Å². The number of halogens is 3. The fourth-order valence-corrected chi connectivity index (χ4v) is 1.80. The summed E-state index contributed by atoms with van der Waals surface area (Å²) >= 11 is 13.9. The van der Waals surface area contributed by atoms with Crippen molar-refractivity contribution in [1.82, 2.24) is 5.32 Å². The zero-order valence-electron chi connectivity index (χ0n) is 7.19. The van der Waals surface area contributed by atoms with E-state index < -0.39 is 0 Å². The first kappa shape index (κ1) is 12.1. The molecule has 5 heteroatoms. The zero-order chi connectivity index (χ0) is 10.6. The van der Waals surface area contributed by atoms with Crippen molar-refractivity contribution in [2.45, 2.75) is 0 Å². The fourth-order valence-electron chi connectivity index (χ4n) is 0.964. The Kier molecular flexibility index (Phi) is 4.98. The Bertz CT molecular complexity index is 323. The lowest BCUT2D eigenvalue weighted by atomic mass is 10.2. The minimum absolute atomic E-state index is 0.225. The minimum atomic E-state index is -0.225. The molecule has 0 aliphatic heterocycles. The van der Waals surface area contributed by atoms with Gasteiger partial charge < -0.3 is 5.32 Å². The van der Waals surface area contributed by atoms with Crippen LogP contribution in [0, 0.1) is 0 Å². The van der Waals surface area contributed by atoms with E-state index in [1.165, 1.54) is 0 Å². The normalized spacial score (nSPS) is 9.93. The van der Waals surface area contributed by atoms with Gasteiger partial charge in [0, 0.05) is 11.0 Å². The van der Waals surface area contributed by atoms with Gasteiger partial charge in [-0.1, -0.05) is 51.9 Å². The van der Waals surface area contributed by atoms with Crippen LogP contribution in [0.1, 0.15) is 10.4 Å². The first-order valence-corrected chi connectivity index (χ1v) is 6.23. The van der Waals surface area contributed by atoms with E-state index in [4.69, 9.17) is 23.2 Å². The number of amides is 1. The Morgan fingerprint density at radius 3 is 2.43 bits per heavy atom. The van der Waals surface area contributed by atoms with E-state index in [-0.39, 0.29) is 5.91 Å². The van der Waals surface area contributed by atoms with Gasteiger partial charge in [-0.2, -0.15) is 0 Å². The van der Waals surface area contributed by atoms with Crippen molar-refractivity contribution < 1.29 is 4.79 Å². The van der Waals surface area contributed by atoms with Crippen LogP contribution in [-0.2, 0) is 0 Å². The second-order valence-electron chi connectivity index (χ2n) is 2.54. The molecule has 0 atom stereocenters. The van der Waals surface area contributed by atoms with Crippen molar-refractivity contribution in [3.05, 3.63) is 33.8 Å². The lowest BCUT2D eigenvalue weighted by Crippen LogP contribution is -2.25. The molecule has 0 aliphatic rings. The highest BCUT2D eigenvalue weighted by Crippen LogP contribution is 2.23. The molecule has 1 rings (SSSR count). The van der Waals surface area contributed by atoms with Gasteiger partial charge in [0.2, 0.25) is 0 Å². The molecule has 1 amide bonds. The Morgan fingerprint density at radius 1 is 1.36 bits per heavy atom. The van der Waals surface area contributed by atoms with Crippen LogP contribution in [0.25, 0.3) is 0 Å². The summed E-state index contributed by atoms with van der Waals surface area (Å²) in [5.41, 5.74) is 0.348.